The van der Waals surface area contributed by atoms with Gasteiger partial charge in [0.05, 0.1) is 12.3 Å². The fourth-order valence-electron chi connectivity index (χ4n) is 2.50. The van der Waals surface area contributed by atoms with Crippen LogP contribution in [0, 0.1) is 11.7 Å². The van der Waals surface area contributed by atoms with Gasteiger partial charge in [-0.3, -0.25) is 4.79 Å². The van der Waals surface area contributed by atoms with Crippen molar-refractivity contribution < 1.29 is 14.0 Å². The largest absolute Gasteiger partial charge is 0.390 e. The summed E-state index contributed by atoms with van der Waals surface area (Å²) in [5, 5.41) is 4.08. The van der Waals surface area contributed by atoms with Crippen molar-refractivity contribution in [2.75, 3.05) is 13.1 Å². The van der Waals surface area contributed by atoms with Crippen LogP contribution in [0.5, 0.6) is 0 Å². The third kappa shape index (κ3) is 4.91. The summed E-state index contributed by atoms with van der Waals surface area (Å²) in [6, 6.07) is 6.18. The molecule has 1 aromatic carbocycles. The van der Waals surface area contributed by atoms with Crippen LogP contribution < -0.4 is 0 Å². The Labute approximate surface area is 136 Å². The second-order valence-electron chi connectivity index (χ2n) is 6.16. The normalized spacial score (nSPS) is 16.9. The van der Waals surface area contributed by atoms with E-state index in [0.29, 0.717) is 31.8 Å². The lowest BCUT2D eigenvalue weighted by Gasteiger charge is -2.24. The molecule has 0 unspecified atom stereocenters. The first-order valence-corrected chi connectivity index (χ1v) is 7.87. The summed E-state index contributed by atoms with van der Waals surface area (Å²) in [4.78, 5) is 19.5. The zero-order chi connectivity index (χ0) is 16.8. The zero-order valence-corrected chi connectivity index (χ0v) is 13.7. The number of halogens is 1. The number of oxime groups is 1. The average molecular weight is 318 g/mol. The van der Waals surface area contributed by atoms with E-state index in [2.05, 4.69) is 11.7 Å². The average Bonchev–Trinajstić information content (AvgIpc) is 2.95. The molecular formula is C18H23FN2O2. The number of carbonyl (C=O) groups is 1. The first kappa shape index (κ1) is 17.2. The van der Waals surface area contributed by atoms with E-state index in [1.807, 2.05) is 13.8 Å². The number of hydrogen-bond acceptors (Lipinski definition) is 3. The standard InChI is InChI=1S/C18H23FN2O2/c1-4-9-21(18(22)10-13(2)3)12-16-11-17(20-23-16)14-5-7-15(19)8-6-14/h4-8,13,16H,1,9-12H2,2-3H3/t16-/m0/s1. The minimum Gasteiger partial charge on any atom is -0.390 e. The van der Waals surface area contributed by atoms with Crippen LogP contribution in [0.25, 0.3) is 0 Å². The Balaban J connectivity index is 1.94. The summed E-state index contributed by atoms with van der Waals surface area (Å²) in [6.07, 6.45) is 2.65. The van der Waals surface area contributed by atoms with Gasteiger partial charge < -0.3 is 9.74 Å². The van der Waals surface area contributed by atoms with Crippen LogP contribution in [0.2, 0.25) is 0 Å². The molecule has 0 fully saturated rings. The molecule has 1 amide bonds. The van der Waals surface area contributed by atoms with Crippen LogP contribution in [0.4, 0.5) is 4.39 Å². The van der Waals surface area contributed by atoms with Crippen molar-refractivity contribution in [1.29, 1.82) is 0 Å². The molecule has 0 saturated carbocycles. The Morgan fingerprint density at radius 2 is 2.17 bits per heavy atom. The summed E-state index contributed by atoms with van der Waals surface area (Å²) in [5.41, 5.74) is 1.63. The van der Waals surface area contributed by atoms with Gasteiger partial charge in [0.15, 0.2) is 6.10 Å². The molecule has 0 aliphatic carbocycles. The maximum Gasteiger partial charge on any atom is 0.223 e. The highest BCUT2D eigenvalue weighted by Crippen LogP contribution is 2.18. The van der Waals surface area contributed by atoms with Crippen LogP contribution in [-0.4, -0.2) is 35.7 Å². The maximum absolute atomic E-state index is 13.0. The highest BCUT2D eigenvalue weighted by atomic mass is 19.1. The molecule has 1 aliphatic heterocycles. The predicted molar refractivity (Wildman–Crippen MR) is 88.7 cm³/mol. The second kappa shape index (κ2) is 7.90. The first-order chi connectivity index (χ1) is 11.0. The van der Waals surface area contributed by atoms with Gasteiger partial charge in [-0.2, -0.15) is 0 Å². The third-order valence-electron chi connectivity index (χ3n) is 3.62. The van der Waals surface area contributed by atoms with Crippen molar-refractivity contribution in [2.24, 2.45) is 11.1 Å². The molecule has 1 aliphatic rings. The number of rotatable bonds is 7. The summed E-state index contributed by atoms with van der Waals surface area (Å²) in [7, 11) is 0. The van der Waals surface area contributed by atoms with Gasteiger partial charge in [-0.1, -0.05) is 37.2 Å². The Bertz CT molecular complexity index is 581. The van der Waals surface area contributed by atoms with Crippen molar-refractivity contribution in [3.05, 3.63) is 48.3 Å². The van der Waals surface area contributed by atoms with Crippen LogP contribution in [0.1, 0.15) is 32.3 Å². The van der Waals surface area contributed by atoms with Crippen LogP contribution >= 0.6 is 0 Å². The number of nitrogens with zero attached hydrogens (tertiary/aromatic N) is 2. The lowest BCUT2D eigenvalue weighted by Crippen LogP contribution is -2.38. The highest BCUT2D eigenvalue weighted by Gasteiger charge is 2.26. The molecule has 1 heterocycles. The molecule has 0 radical (unpaired) electrons. The van der Waals surface area contributed by atoms with E-state index in [9.17, 15) is 9.18 Å². The molecule has 0 bridgehead atoms. The summed E-state index contributed by atoms with van der Waals surface area (Å²) >= 11 is 0. The Morgan fingerprint density at radius 3 is 2.78 bits per heavy atom. The third-order valence-corrected chi connectivity index (χ3v) is 3.62. The van der Waals surface area contributed by atoms with E-state index < -0.39 is 0 Å². The fraction of sp³-hybridized carbons (Fsp3) is 0.444. The van der Waals surface area contributed by atoms with Gasteiger partial charge >= 0.3 is 0 Å². The second-order valence-corrected chi connectivity index (χ2v) is 6.16. The van der Waals surface area contributed by atoms with Crippen molar-refractivity contribution in [3.63, 3.8) is 0 Å². The number of amides is 1. The minimum absolute atomic E-state index is 0.0960. The predicted octanol–water partition coefficient (Wildman–Crippen LogP) is 3.38. The van der Waals surface area contributed by atoms with Crippen molar-refractivity contribution in [2.45, 2.75) is 32.8 Å². The van der Waals surface area contributed by atoms with E-state index in [0.717, 1.165) is 11.3 Å². The van der Waals surface area contributed by atoms with Gasteiger partial charge in [-0.15, -0.1) is 6.58 Å². The van der Waals surface area contributed by atoms with Crippen molar-refractivity contribution >= 4 is 11.6 Å². The molecule has 23 heavy (non-hydrogen) atoms. The summed E-state index contributed by atoms with van der Waals surface area (Å²) in [6.45, 7) is 8.72. The molecule has 2 rings (SSSR count). The van der Waals surface area contributed by atoms with Crippen molar-refractivity contribution in [3.8, 4) is 0 Å². The monoisotopic (exact) mass is 318 g/mol. The van der Waals surface area contributed by atoms with E-state index in [4.69, 9.17) is 4.84 Å². The Kier molecular flexibility index (Phi) is 5.90. The zero-order valence-electron chi connectivity index (χ0n) is 13.7. The Hall–Kier alpha value is -2.17. The lowest BCUT2D eigenvalue weighted by molar-refractivity contribution is -0.133. The van der Waals surface area contributed by atoms with E-state index >= 15 is 0 Å². The number of hydrogen-bond donors (Lipinski definition) is 0. The SMILES string of the molecule is C=CCN(C[C@@H]1CC(c2ccc(F)cc2)=NO1)C(=O)CC(C)C. The van der Waals surface area contributed by atoms with E-state index in [-0.39, 0.29) is 17.8 Å². The lowest BCUT2D eigenvalue weighted by atomic mass is 10.0. The topological polar surface area (TPSA) is 41.9 Å². The van der Waals surface area contributed by atoms with Gasteiger partial charge in [0, 0.05) is 19.4 Å². The quantitative estimate of drug-likeness (QED) is 0.723. The highest BCUT2D eigenvalue weighted by molar-refractivity contribution is 6.01. The first-order valence-electron chi connectivity index (χ1n) is 7.87. The minimum atomic E-state index is -0.277. The van der Waals surface area contributed by atoms with Crippen molar-refractivity contribution in [1.82, 2.24) is 4.90 Å². The fourth-order valence-corrected chi connectivity index (χ4v) is 2.50. The van der Waals surface area contributed by atoms with Gasteiger partial charge in [0.1, 0.15) is 5.82 Å². The molecule has 1 aromatic rings. The van der Waals surface area contributed by atoms with Crippen LogP contribution in [-0.2, 0) is 9.63 Å². The number of benzene rings is 1. The Morgan fingerprint density at radius 1 is 1.48 bits per heavy atom. The van der Waals surface area contributed by atoms with E-state index in [1.165, 1.54) is 12.1 Å². The van der Waals surface area contributed by atoms with Crippen LogP contribution in [0.15, 0.2) is 42.1 Å². The molecular weight excluding hydrogens is 295 g/mol. The molecule has 124 valence electrons. The van der Waals surface area contributed by atoms with Gasteiger partial charge in [0.2, 0.25) is 5.91 Å². The molecule has 1 atom stereocenters. The maximum atomic E-state index is 13.0. The molecule has 0 saturated heterocycles. The summed E-state index contributed by atoms with van der Waals surface area (Å²) in [5.74, 6) is 0.130. The molecule has 5 heteroatoms. The molecule has 0 aromatic heterocycles. The smallest absolute Gasteiger partial charge is 0.223 e. The molecule has 0 spiro atoms. The van der Waals surface area contributed by atoms with Crippen LogP contribution in [0.3, 0.4) is 0 Å². The van der Waals surface area contributed by atoms with E-state index in [1.54, 1.807) is 23.1 Å². The molecule has 0 N–H and O–H groups in total. The number of carbonyl (C=O) groups excluding carboxylic acids is 1. The van der Waals surface area contributed by atoms with Gasteiger partial charge in [0.25, 0.3) is 0 Å². The van der Waals surface area contributed by atoms with Gasteiger partial charge in [-0.25, -0.2) is 4.39 Å². The van der Waals surface area contributed by atoms with Gasteiger partial charge in [-0.05, 0) is 23.6 Å². The summed E-state index contributed by atoms with van der Waals surface area (Å²) < 4.78 is 13.0. The molecule has 4 nitrogen and oxygen atoms in total.